The van der Waals surface area contributed by atoms with Gasteiger partial charge in [-0.3, -0.25) is 4.90 Å². The van der Waals surface area contributed by atoms with Gasteiger partial charge in [0.15, 0.2) is 11.8 Å². The van der Waals surface area contributed by atoms with Gasteiger partial charge in [-0.2, -0.15) is 0 Å². The van der Waals surface area contributed by atoms with Crippen LogP contribution in [0.3, 0.4) is 0 Å². The van der Waals surface area contributed by atoms with Crippen molar-refractivity contribution in [2.24, 2.45) is 12.0 Å². The standard InChI is InChI=1S/C20H30FN7/c1-4-28-10-6-9-18(28)13-23-20(22-12-16-7-5-8-17(21)11-16)24-14-19-26-25-15(2)27(19)3/h5,7-8,11,18H,4,6,9-10,12-14H2,1-3H3,(H2,22,23,24). The molecule has 7 nitrogen and oxygen atoms in total. The summed E-state index contributed by atoms with van der Waals surface area (Å²) in [6.07, 6.45) is 2.43. The maximum atomic E-state index is 13.4. The van der Waals surface area contributed by atoms with Crippen LogP contribution in [0, 0.1) is 12.7 Å². The number of hydrogen-bond donors (Lipinski definition) is 2. The summed E-state index contributed by atoms with van der Waals surface area (Å²) in [6, 6.07) is 7.07. The molecule has 0 aliphatic carbocycles. The average Bonchev–Trinajstić information content (AvgIpc) is 3.28. The van der Waals surface area contributed by atoms with Crippen molar-refractivity contribution >= 4 is 5.96 Å². The third-order valence-corrected chi connectivity index (χ3v) is 5.32. The molecule has 1 saturated heterocycles. The predicted molar refractivity (Wildman–Crippen MR) is 108 cm³/mol. The van der Waals surface area contributed by atoms with E-state index in [1.165, 1.54) is 25.0 Å². The number of hydrogen-bond acceptors (Lipinski definition) is 4. The Labute approximate surface area is 166 Å². The van der Waals surface area contributed by atoms with Gasteiger partial charge in [-0.25, -0.2) is 9.38 Å². The normalized spacial score (nSPS) is 17.9. The van der Waals surface area contributed by atoms with E-state index in [9.17, 15) is 4.39 Å². The number of aliphatic imine (C=N–C) groups is 1. The van der Waals surface area contributed by atoms with E-state index in [2.05, 4.69) is 37.6 Å². The molecule has 0 radical (unpaired) electrons. The van der Waals surface area contributed by atoms with Gasteiger partial charge >= 0.3 is 0 Å². The van der Waals surface area contributed by atoms with Gasteiger partial charge in [-0.05, 0) is 50.6 Å². The number of halogens is 1. The molecule has 1 aromatic heterocycles. The van der Waals surface area contributed by atoms with E-state index < -0.39 is 0 Å². The highest BCUT2D eigenvalue weighted by molar-refractivity contribution is 5.79. The molecule has 2 aromatic rings. The third kappa shape index (κ3) is 5.28. The minimum Gasteiger partial charge on any atom is -0.355 e. The van der Waals surface area contributed by atoms with Crippen molar-refractivity contribution in [3.05, 3.63) is 47.3 Å². The molecule has 1 unspecified atom stereocenters. The molecule has 1 fully saturated rings. The highest BCUT2D eigenvalue weighted by atomic mass is 19.1. The molecule has 8 heteroatoms. The lowest BCUT2D eigenvalue weighted by molar-refractivity contribution is 0.267. The van der Waals surface area contributed by atoms with Gasteiger partial charge in [0.1, 0.15) is 11.6 Å². The first-order valence-corrected chi connectivity index (χ1v) is 9.92. The zero-order chi connectivity index (χ0) is 19.9. The fourth-order valence-electron chi connectivity index (χ4n) is 3.50. The Morgan fingerprint density at radius 2 is 2.18 bits per heavy atom. The molecule has 3 rings (SSSR count). The van der Waals surface area contributed by atoms with Crippen molar-refractivity contribution < 1.29 is 4.39 Å². The summed E-state index contributed by atoms with van der Waals surface area (Å²) in [4.78, 5) is 7.14. The Morgan fingerprint density at radius 1 is 1.32 bits per heavy atom. The third-order valence-electron chi connectivity index (χ3n) is 5.32. The molecule has 1 aromatic carbocycles. The summed E-state index contributed by atoms with van der Waals surface area (Å²) in [5.74, 6) is 2.17. The van der Waals surface area contributed by atoms with Gasteiger partial charge in [0.25, 0.3) is 0 Å². The smallest absolute Gasteiger partial charge is 0.192 e. The maximum absolute atomic E-state index is 13.4. The van der Waals surface area contributed by atoms with Crippen LogP contribution in [-0.2, 0) is 20.1 Å². The lowest BCUT2D eigenvalue weighted by atomic mass is 10.2. The second kappa shape index (κ2) is 9.64. The zero-order valence-corrected chi connectivity index (χ0v) is 17.0. The van der Waals surface area contributed by atoms with Crippen LogP contribution < -0.4 is 10.6 Å². The zero-order valence-electron chi connectivity index (χ0n) is 17.0. The lowest BCUT2D eigenvalue weighted by Gasteiger charge is -2.24. The molecule has 1 atom stereocenters. The second-order valence-electron chi connectivity index (χ2n) is 7.18. The van der Waals surface area contributed by atoms with E-state index in [0.717, 1.165) is 36.8 Å². The summed E-state index contributed by atoms with van der Waals surface area (Å²) in [5.41, 5.74) is 0.839. The first kappa shape index (κ1) is 20.3. The van der Waals surface area contributed by atoms with Crippen LogP contribution in [-0.4, -0.2) is 51.3 Å². The fraction of sp³-hybridized carbons (Fsp3) is 0.550. The predicted octanol–water partition coefficient (Wildman–Crippen LogP) is 1.98. The quantitative estimate of drug-likeness (QED) is 0.562. The van der Waals surface area contributed by atoms with E-state index in [1.807, 2.05) is 24.6 Å². The monoisotopic (exact) mass is 387 g/mol. The summed E-state index contributed by atoms with van der Waals surface area (Å²) in [5, 5.41) is 15.1. The largest absolute Gasteiger partial charge is 0.355 e. The number of likely N-dealkylation sites (N-methyl/N-ethyl adjacent to an activating group) is 1. The molecule has 0 bridgehead atoms. The number of rotatable bonds is 7. The molecular weight excluding hydrogens is 357 g/mol. The molecule has 2 heterocycles. The summed E-state index contributed by atoms with van der Waals surface area (Å²) in [7, 11) is 1.95. The number of nitrogens with zero attached hydrogens (tertiary/aromatic N) is 5. The molecule has 0 amide bonds. The Bertz CT molecular complexity index is 802. The van der Waals surface area contributed by atoms with Gasteiger partial charge in [0, 0.05) is 19.6 Å². The van der Waals surface area contributed by atoms with Crippen molar-refractivity contribution in [2.45, 2.75) is 45.8 Å². The number of aromatic nitrogens is 3. The molecule has 1 aliphatic heterocycles. The van der Waals surface area contributed by atoms with Gasteiger partial charge in [-0.15, -0.1) is 10.2 Å². The lowest BCUT2D eigenvalue weighted by Crippen LogP contribution is -2.44. The van der Waals surface area contributed by atoms with Gasteiger partial charge in [-0.1, -0.05) is 19.1 Å². The Morgan fingerprint density at radius 3 is 2.89 bits per heavy atom. The highest BCUT2D eigenvalue weighted by Gasteiger charge is 2.22. The summed E-state index contributed by atoms with van der Waals surface area (Å²) in [6.45, 7) is 8.11. The van der Waals surface area contributed by atoms with Crippen molar-refractivity contribution in [3.63, 3.8) is 0 Å². The molecule has 0 saturated carbocycles. The van der Waals surface area contributed by atoms with Crippen LogP contribution >= 0.6 is 0 Å². The van der Waals surface area contributed by atoms with E-state index in [1.54, 1.807) is 6.07 Å². The van der Waals surface area contributed by atoms with Gasteiger partial charge in [0.05, 0.1) is 13.1 Å². The summed E-state index contributed by atoms with van der Waals surface area (Å²) < 4.78 is 15.4. The van der Waals surface area contributed by atoms with Gasteiger partial charge in [0.2, 0.25) is 0 Å². The molecule has 28 heavy (non-hydrogen) atoms. The van der Waals surface area contributed by atoms with Crippen molar-refractivity contribution in [1.29, 1.82) is 0 Å². The van der Waals surface area contributed by atoms with Crippen LogP contribution in [0.5, 0.6) is 0 Å². The average molecular weight is 388 g/mol. The molecule has 152 valence electrons. The van der Waals surface area contributed by atoms with Crippen molar-refractivity contribution in [2.75, 3.05) is 19.6 Å². The van der Waals surface area contributed by atoms with Crippen LogP contribution in [0.4, 0.5) is 4.39 Å². The molecule has 1 aliphatic rings. The molecule has 0 spiro atoms. The van der Waals surface area contributed by atoms with Crippen LogP contribution in [0.25, 0.3) is 0 Å². The second-order valence-corrected chi connectivity index (χ2v) is 7.18. The van der Waals surface area contributed by atoms with E-state index in [0.29, 0.717) is 25.1 Å². The Kier molecular flexibility index (Phi) is 6.97. The Balaban J connectivity index is 1.65. The summed E-state index contributed by atoms with van der Waals surface area (Å²) >= 11 is 0. The SMILES string of the molecule is CCN1CCCC1CNC(=NCc1cccc(F)c1)NCc1nnc(C)n1C. The first-order valence-electron chi connectivity index (χ1n) is 9.92. The topological polar surface area (TPSA) is 70.4 Å². The van der Waals surface area contributed by atoms with Gasteiger partial charge < -0.3 is 15.2 Å². The number of nitrogens with one attached hydrogen (secondary N) is 2. The van der Waals surface area contributed by atoms with E-state index in [-0.39, 0.29) is 5.82 Å². The Hall–Kier alpha value is -2.48. The molecule has 2 N–H and O–H groups in total. The van der Waals surface area contributed by atoms with Crippen LogP contribution in [0.2, 0.25) is 0 Å². The number of benzene rings is 1. The first-order chi connectivity index (χ1) is 13.6. The number of guanidine groups is 1. The molecular formula is C20H30FN7. The van der Waals surface area contributed by atoms with Crippen molar-refractivity contribution in [1.82, 2.24) is 30.3 Å². The number of aryl methyl sites for hydroxylation is 1. The van der Waals surface area contributed by atoms with Crippen molar-refractivity contribution in [3.8, 4) is 0 Å². The van der Waals surface area contributed by atoms with E-state index in [4.69, 9.17) is 0 Å². The highest BCUT2D eigenvalue weighted by Crippen LogP contribution is 2.15. The van der Waals surface area contributed by atoms with Crippen LogP contribution in [0.1, 0.15) is 37.0 Å². The maximum Gasteiger partial charge on any atom is 0.192 e. The van der Waals surface area contributed by atoms with E-state index >= 15 is 0 Å². The minimum absolute atomic E-state index is 0.241. The minimum atomic E-state index is -0.241. The van der Waals surface area contributed by atoms with Crippen LogP contribution in [0.15, 0.2) is 29.3 Å². The fourth-order valence-corrected chi connectivity index (χ4v) is 3.50. The number of likely N-dealkylation sites (tertiary alicyclic amines) is 1.